The molecule has 0 saturated heterocycles. The van der Waals surface area contributed by atoms with Crippen molar-refractivity contribution in [2.45, 2.75) is 49.8 Å². The summed E-state index contributed by atoms with van der Waals surface area (Å²) in [6.07, 6.45) is 2.09. The fourth-order valence-electron chi connectivity index (χ4n) is 2.63. The van der Waals surface area contributed by atoms with Crippen LogP contribution >= 0.6 is 11.8 Å². The molecule has 1 aromatic carbocycles. The van der Waals surface area contributed by atoms with E-state index in [1.807, 2.05) is 0 Å². The maximum Gasteiger partial charge on any atom is 0.332 e. The van der Waals surface area contributed by atoms with Gasteiger partial charge in [-0.05, 0) is 23.8 Å². The van der Waals surface area contributed by atoms with Crippen LogP contribution in [-0.4, -0.2) is 28.9 Å². The van der Waals surface area contributed by atoms with Gasteiger partial charge in [0.1, 0.15) is 0 Å². The Labute approximate surface area is 130 Å². The molecule has 0 aromatic heterocycles. The van der Waals surface area contributed by atoms with E-state index in [4.69, 9.17) is 4.74 Å². The van der Waals surface area contributed by atoms with E-state index in [0.717, 1.165) is 23.4 Å². The Kier molecular flexibility index (Phi) is 3.40. The van der Waals surface area contributed by atoms with Gasteiger partial charge < -0.3 is 4.74 Å². The van der Waals surface area contributed by atoms with Gasteiger partial charge in [-0.3, -0.25) is 4.99 Å². The maximum absolute atomic E-state index is 11.9. The number of esters is 1. The smallest absolute Gasteiger partial charge is 0.332 e. The van der Waals surface area contributed by atoms with Gasteiger partial charge in [-0.25, -0.2) is 4.79 Å². The highest BCUT2D eigenvalue weighted by Gasteiger charge is 2.58. The number of rotatable bonds is 2. The summed E-state index contributed by atoms with van der Waals surface area (Å²) in [4.78, 5) is 16.5. The Morgan fingerprint density at radius 1 is 1.29 bits per heavy atom. The summed E-state index contributed by atoms with van der Waals surface area (Å²) in [5.41, 5.74) is 2.56. The number of benzene rings is 1. The lowest BCUT2D eigenvalue weighted by atomic mass is 9.87. The number of hydrogen-bond acceptors (Lipinski definition) is 4. The molecule has 0 bridgehead atoms. The van der Waals surface area contributed by atoms with Gasteiger partial charge in [0.15, 0.2) is 6.04 Å². The van der Waals surface area contributed by atoms with Crippen LogP contribution in [0.2, 0.25) is 0 Å². The van der Waals surface area contributed by atoms with Gasteiger partial charge in [0.2, 0.25) is 0 Å². The molecule has 3 nitrogen and oxygen atoms in total. The molecule has 2 aliphatic rings. The van der Waals surface area contributed by atoms with Crippen LogP contribution in [0.15, 0.2) is 29.3 Å². The second-order valence-electron chi connectivity index (χ2n) is 6.85. The van der Waals surface area contributed by atoms with E-state index in [-0.39, 0.29) is 22.2 Å². The van der Waals surface area contributed by atoms with Crippen molar-refractivity contribution in [3.05, 3.63) is 35.4 Å². The van der Waals surface area contributed by atoms with Crippen molar-refractivity contribution in [3.8, 4) is 0 Å². The largest absolute Gasteiger partial charge is 0.467 e. The van der Waals surface area contributed by atoms with Crippen LogP contribution < -0.4 is 0 Å². The number of carbonyl (C=O) groups is 1. The van der Waals surface area contributed by atoms with Crippen molar-refractivity contribution in [3.63, 3.8) is 0 Å². The van der Waals surface area contributed by atoms with Crippen molar-refractivity contribution in [1.82, 2.24) is 0 Å². The first kappa shape index (κ1) is 14.6. The summed E-state index contributed by atoms with van der Waals surface area (Å²) in [6, 6.07) is 8.21. The minimum absolute atomic E-state index is 0.0227. The molecule has 21 heavy (non-hydrogen) atoms. The Morgan fingerprint density at radius 3 is 2.38 bits per heavy atom. The van der Waals surface area contributed by atoms with E-state index in [1.165, 1.54) is 12.7 Å². The lowest BCUT2D eigenvalue weighted by Gasteiger charge is -2.19. The molecular weight excluding hydrogens is 282 g/mol. The van der Waals surface area contributed by atoms with Crippen LogP contribution in [-0.2, 0) is 14.9 Å². The molecule has 1 aliphatic heterocycles. The van der Waals surface area contributed by atoms with Gasteiger partial charge in [-0.1, -0.05) is 56.8 Å². The predicted octanol–water partition coefficient (Wildman–Crippen LogP) is 3.55. The maximum atomic E-state index is 11.9. The molecule has 1 spiro atoms. The van der Waals surface area contributed by atoms with Gasteiger partial charge in [-0.15, -0.1) is 0 Å². The van der Waals surface area contributed by atoms with Crippen LogP contribution in [0.25, 0.3) is 0 Å². The number of aliphatic imine (C=N–C) groups is 1. The predicted molar refractivity (Wildman–Crippen MR) is 87.0 cm³/mol. The first-order chi connectivity index (χ1) is 9.86. The molecule has 0 N–H and O–H groups in total. The molecule has 1 unspecified atom stereocenters. The monoisotopic (exact) mass is 303 g/mol. The third-order valence-corrected chi connectivity index (χ3v) is 5.78. The summed E-state index contributed by atoms with van der Waals surface area (Å²) >= 11 is 1.75. The first-order valence-electron chi connectivity index (χ1n) is 7.31. The molecule has 1 heterocycles. The average molecular weight is 303 g/mol. The van der Waals surface area contributed by atoms with Gasteiger partial charge in [0.05, 0.1) is 16.9 Å². The Hall–Kier alpha value is -1.29. The fourth-order valence-corrected chi connectivity index (χ4v) is 4.00. The fraction of sp³-hybridized carbons (Fsp3) is 0.529. The zero-order chi connectivity index (χ0) is 15.3. The number of carbonyl (C=O) groups excluding carboxylic acids is 1. The Bertz CT molecular complexity index is 594. The van der Waals surface area contributed by atoms with E-state index in [2.05, 4.69) is 50.0 Å². The molecule has 1 aliphatic carbocycles. The molecule has 1 atom stereocenters. The van der Waals surface area contributed by atoms with Crippen molar-refractivity contribution in [2.24, 2.45) is 4.99 Å². The highest BCUT2D eigenvalue weighted by Crippen LogP contribution is 2.57. The van der Waals surface area contributed by atoms with Gasteiger partial charge in [0.25, 0.3) is 0 Å². The zero-order valence-electron chi connectivity index (χ0n) is 13.0. The summed E-state index contributed by atoms with van der Waals surface area (Å²) in [5, 5.41) is 0.975. The van der Waals surface area contributed by atoms with Crippen molar-refractivity contribution in [1.29, 1.82) is 0 Å². The molecule has 112 valence electrons. The van der Waals surface area contributed by atoms with E-state index >= 15 is 0 Å². The average Bonchev–Trinajstić information content (AvgIpc) is 3.10. The topological polar surface area (TPSA) is 38.7 Å². The van der Waals surface area contributed by atoms with Crippen molar-refractivity contribution in [2.75, 3.05) is 7.11 Å². The first-order valence-corrected chi connectivity index (χ1v) is 8.13. The SMILES string of the molecule is COC(=O)C1N=C(c2ccc(C(C)(C)C)cc2)SC12CC2. The quantitative estimate of drug-likeness (QED) is 0.784. The molecule has 0 radical (unpaired) electrons. The zero-order valence-corrected chi connectivity index (χ0v) is 13.8. The number of nitrogens with zero attached hydrogens (tertiary/aromatic N) is 1. The van der Waals surface area contributed by atoms with Gasteiger partial charge in [-0.2, -0.15) is 0 Å². The van der Waals surface area contributed by atoms with Crippen LogP contribution in [0.4, 0.5) is 0 Å². The van der Waals surface area contributed by atoms with Crippen LogP contribution in [0, 0.1) is 0 Å². The Morgan fingerprint density at radius 2 is 1.90 bits per heavy atom. The Balaban J connectivity index is 1.86. The van der Waals surface area contributed by atoms with E-state index in [0.29, 0.717) is 0 Å². The number of ether oxygens (including phenoxy) is 1. The van der Waals surface area contributed by atoms with E-state index < -0.39 is 0 Å². The molecule has 1 fully saturated rings. The highest BCUT2D eigenvalue weighted by molar-refractivity contribution is 8.16. The van der Waals surface area contributed by atoms with E-state index in [9.17, 15) is 4.79 Å². The molecule has 4 heteroatoms. The van der Waals surface area contributed by atoms with Crippen LogP contribution in [0.5, 0.6) is 0 Å². The molecule has 0 amide bonds. The second-order valence-corrected chi connectivity index (χ2v) is 8.26. The third kappa shape index (κ3) is 2.61. The standard InChI is InChI=1S/C17H21NO2S/c1-16(2,3)12-7-5-11(6-8-12)14-18-13(15(19)20-4)17(21-14)9-10-17/h5-8,13H,9-10H2,1-4H3. The summed E-state index contributed by atoms with van der Waals surface area (Å²) in [5.74, 6) is -0.207. The number of hydrogen-bond donors (Lipinski definition) is 0. The highest BCUT2D eigenvalue weighted by atomic mass is 32.2. The van der Waals surface area contributed by atoms with Crippen molar-refractivity contribution < 1.29 is 9.53 Å². The normalized spacial score (nSPS) is 23.0. The lowest BCUT2D eigenvalue weighted by Crippen LogP contribution is -2.29. The number of thioether (sulfide) groups is 1. The van der Waals surface area contributed by atoms with Crippen molar-refractivity contribution >= 4 is 22.8 Å². The molecule has 1 aromatic rings. The minimum Gasteiger partial charge on any atom is -0.467 e. The van der Waals surface area contributed by atoms with Gasteiger partial charge in [0, 0.05) is 5.56 Å². The third-order valence-electron chi connectivity index (χ3n) is 4.21. The van der Waals surface area contributed by atoms with Crippen LogP contribution in [0.3, 0.4) is 0 Å². The van der Waals surface area contributed by atoms with Crippen LogP contribution in [0.1, 0.15) is 44.7 Å². The molecule has 3 rings (SSSR count). The second kappa shape index (κ2) is 4.87. The van der Waals surface area contributed by atoms with Gasteiger partial charge >= 0.3 is 5.97 Å². The number of methoxy groups -OCH3 is 1. The summed E-state index contributed by atoms with van der Waals surface area (Å²) in [6.45, 7) is 6.61. The van der Waals surface area contributed by atoms with E-state index in [1.54, 1.807) is 11.8 Å². The lowest BCUT2D eigenvalue weighted by molar-refractivity contribution is -0.142. The summed E-state index contributed by atoms with van der Waals surface area (Å²) in [7, 11) is 1.44. The summed E-state index contributed by atoms with van der Waals surface area (Å²) < 4.78 is 4.88. The molecular formula is C17H21NO2S. The molecule has 1 saturated carbocycles. The minimum atomic E-state index is -0.329.